The van der Waals surface area contributed by atoms with E-state index in [-0.39, 0.29) is 13.1 Å². The number of hydrogen-bond donors (Lipinski definition) is 0. The van der Waals surface area contributed by atoms with E-state index in [9.17, 15) is 14.4 Å². The Morgan fingerprint density at radius 3 is 1.68 bits per heavy atom. The van der Waals surface area contributed by atoms with Gasteiger partial charge < -0.3 is 9.47 Å². The van der Waals surface area contributed by atoms with Crippen molar-refractivity contribution in [3.63, 3.8) is 0 Å². The second-order valence-electron chi connectivity index (χ2n) is 9.70. The number of rotatable bonds is 6. The Morgan fingerprint density at radius 1 is 0.816 bits per heavy atom. The summed E-state index contributed by atoms with van der Waals surface area (Å²) in [6, 6.07) is 14.5. The van der Waals surface area contributed by atoms with Gasteiger partial charge in [-0.25, -0.2) is 0 Å². The third-order valence-electron chi connectivity index (χ3n) is 7.65. The molecule has 0 N–H and O–H groups in total. The molecule has 3 aromatic rings. The van der Waals surface area contributed by atoms with Crippen LogP contribution in [0.2, 0.25) is 0 Å². The van der Waals surface area contributed by atoms with Crippen LogP contribution in [0, 0.1) is 10.8 Å². The van der Waals surface area contributed by atoms with Crippen molar-refractivity contribution in [1.29, 1.82) is 0 Å². The van der Waals surface area contributed by atoms with E-state index >= 15 is 0 Å². The molecule has 0 aromatic carbocycles. The number of Topliss-reactive ketones (excluding diaryl/α,β-unsaturated/α-hetero) is 1. The van der Waals surface area contributed by atoms with Crippen LogP contribution >= 0.6 is 0 Å². The summed E-state index contributed by atoms with van der Waals surface area (Å²) in [4.78, 5) is 59.8. The highest BCUT2D eigenvalue weighted by molar-refractivity contribution is 6.17. The zero-order valence-electron chi connectivity index (χ0n) is 21.5. The van der Waals surface area contributed by atoms with Crippen LogP contribution in [-0.4, -0.2) is 76.8 Å². The molecule has 2 saturated heterocycles. The number of carbonyl (C=O) groups is 3. The van der Waals surface area contributed by atoms with Gasteiger partial charge in [0, 0.05) is 38.2 Å². The normalized spacial score (nSPS) is 27.5. The van der Waals surface area contributed by atoms with Crippen molar-refractivity contribution in [1.82, 2.24) is 24.8 Å². The molecule has 2 aliphatic rings. The van der Waals surface area contributed by atoms with Crippen LogP contribution in [0.15, 0.2) is 73.2 Å². The highest BCUT2D eigenvalue weighted by Gasteiger charge is 2.75. The highest BCUT2D eigenvalue weighted by atomic mass is 16.5. The maximum Gasteiger partial charge on any atom is 0.322 e. The molecule has 0 amide bonds. The number of nitrogens with zero attached hydrogens (tertiary/aromatic N) is 5. The summed E-state index contributed by atoms with van der Waals surface area (Å²) < 4.78 is 10.6. The van der Waals surface area contributed by atoms with E-state index in [2.05, 4.69) is 15.0 Å². The fourth-order valence-electron chi connectivity index (χ4n) is 6.30. The number of pyridine rings is 3. The van der Waals surface area contributed by atoms with Crippen LogP contribution in [-0.2, 0) is 30.4 Å². The molecule has 0 spiro atoms. The summed E-state index contributed by atoms with van der Waals surface area (Å²) in [5, 5.41) is 0. The van der Waals surface area contributed by atoms with Gasteiger partial charge in [-0.3, -0.25) is 39.1 Å². The maximum atomic E-state index is 14.8. The zero-order chi connectivity index (χ0) is 26.9. The Hall–Kier alpha value is -4.02. The fourth-order valence-corrected chi connectivity index (χ4v) is 6.30. The number of piperidine rings is 2. The van der Waals surface area contributed by atoms with Crippen LogP contribution in [0.4, 0.5) is 0 Å². The predicted molar refractivity (Wildman–Crippen MR) is 135 cm³/mol. The lowest BCUT2D eigenvalue weighted by atomic mass is 9.54. The minimum absolute atomic E-state index is 0.00828. The quantitative estimate of drug-likeness (QED) is 0.357. The Morgan fingerprint density at radius 2 is 1.29 bits per heavy atom. The first kappa shape index (κ1) is 25.6. The van der Waals surface area contributed by atoms with Crippen molar-refractivity contribution in [2.75, 3.05) is 34.4 Å². The van der Waals surface area contributed by atoms with Crippen molar-refractivity contribution in [2.45, 2.75) is 18.6 Å². The number of methoxy groups -OCH3 is 2. The van der Waals surface area contributed by atoms with Gasteiger partial charge in [0.05, 0.1) is 43.4 Å². The number of fused-ring (bicyclic) bond motifs is 2. The zero-order valence-corrected chi connectivity index (χ0v) is 21.5. The van der Waals surface area contributed by atoms with Crippen LogP contribution in [0.3, 0.4) is 0 Å². The van der Waals surface area contributed by atoms with E-state index < -0.39 is 40.6 Å². The van der Waals surface area contributed by atoms with Gasteiger partial charge in [-0.2, -0.15) is 0 Å². The average molecular weight is 516 g/mol. The molecule has 0 radical (unpaired) electrons. The van der Waals surface area contributed by atoms with Crippen LogP contribution in [0.25, 0.3) is 0 Å². The summed E-state index contributed by atoms with van der Waals surface area (Å²) >= 11 is 0. The Bertz CT molecular complexity index is 1250. The Balaban J connectivity index is 1.80. The maximum absolute atomic E-state index is 14.8. The molecule has 4 atom stereocenters. The SMILES string of the molecule is COC(=O)C12CN(Cc3ccccn3)CC(C(=O)OC)(C1=O)C(c1ccccn1)N(C)C2c1ccccn1. The summed E-state index contributed by atoms with van der Waals surface area (Å²) in [5.41, 5.74) is -1.80. The largest absolute Gasteiger partial charge is 0.468 e. The Kier molecular flexibility index (Phi) is 6.77. The third kappa shape index (κ3) is 3.79. The van der Waals surface area contributed by atoms with E-state index in [1.54, 1.807) is 62.0 Å². The summed E-state index contributed by atoms with van der Waals surface area (Å²) in [7, 11) is 4.29. The second-order valence-corrected chi connectivity index (χ2v) is 9.70. The monoisotopic (exact) mass is 515 g/mol. The van der Waals surface area contributed by atoms with Gasteiger partial charge in [-0.15, -0.1) is 0 Å². The fraction of sp³-hybridized carbons (Fsp3) is 0.357. The second kappa shape index (κ2) is 10.0. The number of ether oxygens (including phenoxy) is 2. The van der Waals surface area contributed by atoms with E-state index in [0.29, 0.717) is 17.9 Å². The standard InChI is InChI=1S/C28H29N5O5/c1-32-22(20-11-5-8-14-30-20)27(25(35)37-2)17-33(16-19-10-4-7-13-29-19)18-28(24(27)34,26(36)38-3)23(32)21-12-6-9-15-31-21/h4-15,22-23H,16-18H2,1-3H3. The minimum Gasteiger partial charge on any atom is -0.468 e. The lowest BCUT2D eigenvalue weighted by molar-refractivity contribution is -0.204. The molecule has 38 heavy (non-hydrogen) atoms. The first-order valence-electron chi connectivity index (χ1n) is 12.3. The van der Waals surface area contributed by atoms with Crippen molar-refractivity contribution < 1.29 is 23.9 Å². The number of hydrogen-bond acceptors (Lipinski definition) is 10. The molecule has 4 unspecified atom stereocenters. The average Bonchev–Trinajstić information content (AvgIpc) is 2.95. The van der Waals surface area contributed by atoms with Gasteiger partial charge in [0.15, 0.2) is 16.6 Å². The molecule has 2 aliphatic heterocycles. The van der Waals surface area contributed by atoms with Crippen LogP contribution < -0.4 is 0 Å². The van der Waals surface area contributed by atoms with E-state index in [1.807, 2.05) is 28.0 Å². The molecule has 0 saturated carbocycles. The van der Waals surface area contributed by atoms with Crippen molar-refractivity contribution in [3.05, 3.63) is 90.3 Å². The Labute approximate surface area is 220 Å². The van der Waals surface area contributed by atoms with Gasteiger partial charge in [0.2, 0.25) is 0 Å². The van der Waals surface area contributed by atoms with E-state index in [4.69, 9.17) is 9.47 Å². The van der Waals surface area contributed by atoms with Gasteiger partial charge in [0.25, 0.3) is 0 Å². The highest BCUT2D eigenvalue weighted by Crippen LogP contribution is 2.60. The molecule has 5 heterocycles. The van der Waals surface area contributed by atoms with E-state index in [1.165, 1.54) is 14.2 Å². The smallest absolute Gasteiger partial charge is 0.322 e. The lowest BCUT2D eigenvalue weighted by Crippen LogP contribution is -2.75. The third-order valence-corrected chi connectivity index (χ3v) is 7.65. The number of carbonyl (C=O) groups excluding carboxylic acids is 3. The van der Waals surface area contributed by atoms with Gasteiger partial charge >= 0.3 is 11.9 Å². The molecular weight excluding hydrogens is 486 g/mol. The first-order valence-corrected chi connectivity index (χ1v) is 12.3. The molecular formula is C28H29N5O5. The summed E-state index contributed by atoms with van der Waals surface area (Å²) in [6.45, 7) is 0.321. The molecule has 2 fully saturated rings. The topological polar surface area (TPSA) is 115 Å². The number of likely N-dealkylation sites (tertiary alicyclic amines) is 2. The molecule has 10 nitrogen and oxygen atoms in total. The van der Waals surface area contributed by atoms with Crippen molar-refractivity contribution in [3.8, 4) is 0 Å². The molecule has 196 valence electrons. The minimum atomic E-state index is -1.77. The first-order chi connectivity index (χ1) is 18.4. The molecule has 5 rings (SSSR count). The molecule has 3 aromatic heterocycles. The molecule has 10 heteroatoms. The van der Waals surface area contributed by atoms with Crippen molar-refractivity contribution in [2.24, 2.45) is 10.8 Å². The van der Waals surface area contributed by atoms with Gasteiger partial charge in [-0.1, -0.05) is 18.2 Å². The van der Waals surface area contributed by atoms with Crippen LogP contribution in [0.5, 0.6) is 0 Å². The van der Waals surface area contributed by atoms with Crippen LogP contribution in [0.1, 0.15) is 29.2 Å². The number of esters is 2. The lowest BCUT2D eigenvalue weighted by Gasteiger charge is -2.60. The van der Waals surface area contributed by atoms with Crippen molar-refractivity contribution >= 4 is 17.7 Å². The number of ketones is 1. The van der Waals surface area contributed by atoms with E-state index in [0.717, 1.165) is 5.69 Å². The van der Waals surface area contributed by atoms with Gasteiger partial charge in [-0.05, 0) is 43.4 Å². The summed E-state index contributed by atoms with van der Waals surface area (Å²) in [6.07, 6.45) is 4.91. The molecule has 2 bridgehead atoms. The predicted octanol–water partition coefficient (Wildman–Crippen LogP) is 2.00. The van der Waals surface area contributed by atoms with Gasteiger partial charge in [0.1, 0.15) is 0 Å². The summed E-state index contributed by atoms with van der Waals surface area (Å²) in [5.74, 6) is -2.02. The number of aromatic nitrogens is 3. The molecule has 0 aliphatic carbocycles.